The lowest BCUT2D eigenvalue weighted by molar-refractivity contribution is 0.210. The molecule has 2 N–H and O–H groups in total. The van der Waals surface area contributed by atoms with Gasteiger partial charge in [0, 0.05) is 44.2 Å². The molecule has 1 aliphatic rings. The molecule has 2 heterocycles. The van der Waals surface area contributed by atoms with Gasteiger partial charge in [0.05, 0.1) is 6.61 Å². The lowest BCUT2D eigenvalue weighted by Gasteiger charge is -2.32. The van der Waals surface area contributed by atoms with Gasteiger partial charge in [0.1, 0.15) is 18.0 Å². The molecule has 6 nitrogen and oxygen atoms in total. The Balaban J connectivity index is 1.58. The summed E-state index contributed by atoms with van der Waals surface area (Å²) >= 11 is 0. The van der Waals surface area contributed by atoms with Crippen LogP contribution in [-0.4, -0.2) is 43.3 Å². The lowest BCUT2D eigenvalue weighted by atomic mass is 9.99. The molecular formula is C19H27N5O. The van der Waals surface area contributed by atoms with Gasteiger partial charge in [0.2, 0.25) is 0 Å². The molecule has 1 aromatic carbocycles. The second-order valence-electron chi connectivity index (χ2n) is 6.55. The first-order valence-corrected chi connectivity index (χ1v) is 8.91. The summed E-state index contributed by atoms with van der Waals surface area (Å²) in [7, 11) is 1.68. The van der Waals surface area contributed by atoms with Crippen LogP contribution in [0.2, 0.25) is 0 Å². The topological polar surface area (TPSA) is 62.3 Å². The second kappa shape index (κ2) is 8.67. The molecule has 1 aromatic heterocycles. The van der Waals surface area contributed by atoms with E-state index in [-0.39, 0.29) is 0 Å². The van der Waals surface area contributed by atoms with Crippen LogP contribution in [0.1, 0.15) is 19.8 Å². The Morgan fingerprint density at radius 2 is 1.84 bits per heavy atom. The Morgan fingerprint density at radius 3 is 2.56 bits per heavy atom. The summed E-state index contributed by atoms with van der Waals surface area (Å²) in [6.07, 6.45) is 4.11. The molecule has 0 atom stereocenters. The number of methoxy groups -OCH3 is 1. The van der Waals surface area contributed by atoms with Crippen LogP contribution >= 0.6 is 0 Å². The Bertz CT molecular complexity index is 653. The molecular weight excluding hydrogens is 314 g/mol. The number of hydrogen-bond donors (Lipinski definition) is 2. The number of nitrogens with zero attached hydrogens (tertiary/aromatic N) is 3. The fourth-order valence-corrected chi connectivity index (χ4v) is 2.97. The van der Waals surface area contributed by atoms with Crippen LogP contribution in [0.15, 0.2) is 36.7 Å². The summed E-state index contributed by atoms with van der Waals surface area (Å²) in [6.45, 7) is 6.00. The summed E-state index contributed by atoms with van der Waals surface area (Å²) < 4.78 is 5.03. The zero-order chi connectivity index (χ0) is 17.5. The predicted octanol–water partition coefficient (Wildman–Crippen LogP) is 3.51. The third-order valence-corrected chi connectivity index (χ3v) is 4.57. The van der Waals surface area contributed by atoms with E-state index in [1.54, 1.807) is 13.4 Å². The highest BCUT2D eigenvalue weighted by molar-refractivity contribution is 5.62. The molecule has 0 spiro atoms. The SMILES string of the molecule is COCCNc1cc(Nc2ccc(N3CCC(C)CC3)cc2)ncn1. The van der Waals surface area contributed by atoms with Crippen molar-refractivity contribution in [2.45, 2.75) is 19.8 Å². The molecule has 2 aromatic rings. The molecule has 0 amide bonds. The van der Waals surface area contributed by atoms with Gasteiger partial charge in [-0.25, -0.2) is 9.97 Å². The van der Waals surface area contributed by atoms with Crippen molar-refractivity contribution in [2.24, 2.45) is 5.92 Å². The van der Waals surface area contributed by atoms with Gasteiger partial charge in [0.25, 0.3) is 0 Å². The Morgan fingerprint density at radius 1 is 1.12 bits per heavy atom. The zero-order valence-corrected chi connectivity index (χ0v) is 15.0. The number of aromatic nitrogens is 2. The van der Waals surface area contributed by atoms with Crippen LogP contribution < -0.4 is 15.5 Å². The highest BCUT2D eigenvalue weighted by atomic mass is 16.5. The minimum atomic E-state index is 0.642. The highest BCUT2D eigenvalue weighted by Crippen LogP contribution is 2.25. The summed E-state index contributed by atoms with van der Waals surface area (Å²) in [5, 5.41) is 6.54. The molecule has 25 heavy (non-hydrogen) atoms. The number of benzene rings is 1. The first-order chi connectivity index (χ1) is 12.2. The maximum absolute atomic E-state index is 5.03. The van der Waals surface area contributed by atoms with Gasteiger partial charge >= 0.3 is 0 Å². The molecule has 0 saturated carbocycles. The molecule has 1 aliphatic heterocycles. The highest BCUT2D eigenvalue weighted by Gasteiger charge is 2.15. The largest absolute Gasteiger partial charge is 0.383 e. The van der Waals surface area contributed by atoms with E-state index in [0.29, 0.717) is 6.61 Å². The smallest absolute Gasteiger partial charge is 0.135 e. The predicted molar refractivity (Wildman–Crippen MR) is 103 cm³/mol. The number of anilines is 4. The third-order valence-electron chi connectivity index (χ3n) is 4.57. The minimum absolute atomic E-state index is 0.642. The van der Waals surface area contributed by atoms with Gasteiger partial charge in [-0.15, -0.1) is 0 Å². The summed E-state index contributed by atoms with van der Waals surface area (Å²) in [5.41, 5.74) is 2.32. The van der Waals surface area contributed by atoms with Gasteiger partial charge in [-0.3, -0.25) is 0 Å². The van der Waals surface area contributed by atoms with Crippen molar-refractivity contribution in [1.29, 1.82) is 0 Å². The van der Waals surface area contributed by atoms with Crippen LogP contribution in [0.4, 0.5) is 23.0 Å². The Hall–Kier alpha value is -2.34. The van der Waals surface area contributed by atoms with Crippen molar-refractivity contribution < 1.29 is 4.74 Å². The fourth-order valence-electron chi connectivity index (χ4n) is 2.97. The Kier molecular flexibility index (Phi) is 6.06. The third kappa shape index (κ3) is 5.06. The van der Waals surface area contributed by atoms with Gasteiger partial charge in [-0.05, 0) is 43.0 Å². The minimum Gasteiger partial charge on any atom is -0.383 e. The molecule has 3 rings (SSSR count). The summed E-state index contributed by atoms with van der Waals surface area (Å²) in [5.74, 6) is 2.41. The van der Waals surface area contributed by atoms with Crippen molar-refractivity contribution >= 4 is 23.0 Å². The zero-order valence-electron chi connectivity index (χ0n) is 15.0. The fraction of sp³-hybridized carbons (Fsp3) is 0.474. The molecule has 6 heteroatoms. The van der Waals surface area contributed by atoms with Crippen LogP contribution in [0.3, 0.4) is 0 Å². The normalized spacial score (nSPS) is 15.2. The van der Waals surface area contributed by atoms with E-state index >= 15 is 0 Å². The van der Waals surface area contributed by atoms with E-state index in [9.17, 15) is 0 Å². The van der Waals surface area contributed by atoms with E-state index in [1.165, 1.54) is 18.5 Å². The summed E-state index contributed by atoms with van der Waals surface area (Å²) in [4.78, 5) is 11.0. The molecule has 0 unspecified atom stereocenters. The van der Waals surface area contributed by atoms with Crippen LogP contribution in [0.5, 0.6) is 0 Å². The number of hydrogen-bond acceptors (Lipinski definition) is 6. The van der Waals surface area contributed by atoms with Crippen molar-refractivity contribution in [3.63, 3.8) is 0 Å². The number of rotatable bonds is 7. The molecule has 0 aliphatic carbocycles. The van der Waals surface area contributed by atoms with Gasteiger partial charge in [-0.1, -0.05) is 6.92 Å². The van der Waals surface area contributed by atoms with Crippen LogP contribution in [0.25, 0.3) is 0 Å². The van der Waals surface area contributed by atoms with E-state index in [0.717, 1.165) is 42.9 Å². The molecule has 0 radical (unpaired) electrons. The van der Waals surface area contributed by atoms with E-state index in [1.807, 2.05) is 6.07 Å². The molecule has 1 saturated heterocycles. The summed E-state index contributed by atoms with van der Waals surface area (Å²) in [6, 6.07) is 10.5. The van der Waals surface area contributed by atoms with Crippen molar-refractivity contribution in [3.8, 4) is 0 Å². The Labute approximate surface area is 149 Å². The van der Waals surface area contributed by atoms with Crippen LogP contribution in [0, 0.1) is 5.92 Å². The van der Waals surface area contributed by atoms with Crippen LogP contribution in [-0.2, 0) is 4.74 Å². The maximum Gasteiger partial charge on any atom is 0.135 e. The molecule has 0 bridgehead atoms. The lowest BCUT2D eigenvalue weighted by Crippen LogP contribution is -2.32. The molecule has 1 fully saturated rings. The van der Waals surface area contributed by atoms with Gasteiger partial charge in [-0.2, -0.15) is 0 Å². The van der Waals surface area contributed by atoms with Crippen molar-refractivity contribution in [3.05, 3.63) is 36.7 Å². The van der Waals surface area contributed by atoms with E-state index in [4.69, 9.17) is 4.74 Å². The molecule has 134 valence electrons. The number of nitrogens with one attached hydrogen (secondary N) is 2. The van der Waals surface area contributed by atoms with E-state index in [2.05, 4.69) is 56.7 Å². The van der Waals surface area contributed by atoms with Crippen molar-refractivity contribution in [2.75, 3.05) is 48.9 Å². The standard InChI is InChI=1S/C19H27N5O/c1-15-7-10-24(11-8-15)17-5-3-16(4-6-17)23-19-13-18(21-14-22-19)20-9-12-25-2/h3-6,13-15H,7-12H2,1-2H3,(H2,20,21,22,23). The van der Waals surface area contributed by atoms with Gasteiger partial charge < -0.3 is 20.3 Å². The number of piperidine rings is 1. The number of ether oxygens (including phenoxy) is 1. The quantitative estimate of drug-likeness (QED) is 0.752. The average molecular weight is 341 g/mol. The first kappa shape index (κ1) is 17.5. The maximum atomic E-state index is 5.03. The first-order valence-electron chi connectivity index (χ1n) is 8.91. The van der Waals surface area contributed by atoms with Crippen molar-refractivity contribution in [1.82, 2.24) is 9.97 Å². The second-order valence-corrected chi connectivity index (χ2v) is 6.55. The average Bonchev–Trinajstić information content (AvgIpc) is 2.64. The monoisotopic (exact) mass is 341 g/mol. The van der Waals surface area contributed by atoms with E-state index < -0.39 is 0 Å². The van der Waals surface area contributed by atoms with Gasteiger partial charge in [0.15, 0.2) is 0 Å².